The number of hydrogen-bond acceptors (Lipinski definition) is 10. The number of pyridine rings is 1. The van der Waals surface area contributed by atoms with Gasteiger partial charge in [-0.25, -0.2) is 9.59 Å². The minimum atomic E-state index is -1.17. The number of nitro groups is 1. The van der Waals surface area contributed by atoms with Crippen molar-refractivity contribution in [1.29, 1.82) is 0 Å². The highest BCUT2D eigenvalue weighted by Gasteiger charge is 2.29. The van der Waals surface area contributed by atoms with E-state index in [1.54, 1.807) is 0 Å². The van der Waals surface area contributed by atoms with Crippen LogP contribution < -0.4 is 9.47 Å². The maximum atomic E-state index is 12.0. The summed E-state index contributed by atoms with van der Waals surface area (Å²) in [6.07, 6.45) is -2.26. The number of nitrogens with zero attached hydrogens (tertiary/aromatic N) is 2. The van der Waals surface area contributed by atoms with Gasteiger partial charge in [0.1, 0.15) is 6.61 Å². The number of aliphatic hydroxyl groups excluding tert-OH is 1. The third-order valence-corrected chi connectivity index (χ3v) is 3.67. The second kappa shape index (κ2) is 9.46. The Morgan fingerprint density at radius 2 is 1.69 bits per heavy atom. The van der Waals surface area contributed by atoms with Crippen LogP contribution in [0.3, 0.4) is 0 Å². The van der Waals surface area contributed by atoms with Crippen molar-refractivity contribution in [2.75, 3.05) is 20.3 Å². The van der Waals surface area contributed by atoms with Gasteiger partial charge in [0, 0.05) is 6.07 Å². The van der Waals surface area contributed by atoms with Crippen LogP contribution in [0.25, 0.3) is 11.1 Å². The molecule has 0 aliphatic rings. The molecule has 2 rings (SSSR count). The number of carbonyl (C=O) groups excluding carboxylic acids is 2. The van der Waals surface area contributed by atoms with E-state index in [1.807, 2.05) is 0 Å². The van der Waals surface area contributed by atoms with Crippen LogP contribution in [0.1, 0.15) is 11.4 Å². The largest absolute Gasteiger partial charge is 0.514 e. The molecule has 0 amide bonds. The highest BCUT2D eigenvalue weighted by atomic mass is 16.7. The van der Waals surface area contributed by atoms with Crippen molar-refractivity contribution in [2.45, 2.75) is 13.8 Å². The number of para-hydroxylation sites is 1. The quantitative estimate of drug-likeness (QED) is 0.431. The lowest BCUT2D eigenvalue weighted by atomic mass is 10.00. The summed E-state index contributed by atoms with van der Waals surface area (Å²) in [7, 11) is 1.09. The van der Waals surface area contributed by atoms with Crippen molar-refractivity contribution in [2.24, 2.45) is 0 Å². The molecule has 0 radical (unpaired) electrons. The molecule has 0 bridgehead atoms. The number of benzene rings is 1. The first kappa shape index (κ1) is 21.6. The van der Waals surface area contributed by atoms with Gasteiger partial charge in [0.05, 0.1) is 41.2 Å². The summed E-state index contributed by atoms with van der Waals surface area (Å²) in [4.78, 5) is 38.7. The molecule has 1 N–H and O–H groups in total. The highest BCUT2D eigenvalue weighted by Crippen LogP contribution is 2.45. The molecule has 154 valence electrons. The van der Waals surface area contributed by atoms with E-state index in [2.05, 4.69) is 14.5 Å². The highest BCUT2D eigenvalue weighted by molar-refractivity contribution is 5.87. The zero-order valence-corrected chi connectivity index (χ0v) is 15.8. The van der Waals surface area contributed by atoms with E-state index in [-0.39, 0.29) is 46.3 Å². The van der Waals surface area contributed by atoms with Crippen LogP contribution in [0.2, 0.25) is 0 Å². The molecule has 2 aromatic rings. The number of carbonyl (C=O) groups is 2. The van der Waals surface area contributed by atoms with Gasteiger partial charge in [0.15, 0.2) is 11.5 Å². The van der Waals surface area contributed by atoms with Crippen LogP contribution in [0, 0.1) is 24.0 Å². The number of ether oxygens (including phenoxy) is 4. The fraction of sp³-hybridized carbons (Fsp3) is 0.278. The molecule has 1 heterocycles. The number of hydrogen-bond donors (Lipinski definition) is 1. The van der Waals surface area contributed by atoms with Crippen molar-refractivity contribution < 1.29 is 38.6 Å². The minimum Gasteiger partial charge on any atom is -0.437 e. The zero-order chi connectivity index (χ0) is 21.6. The van der Waals surface area contributed by atoms with Gasteiger partial charge < -0.3 is 24.1 Å². The van der Waals surface area contributed by atoms with Gasteiger partial charge in [-0.2, -0.15) is 0 Å². The minimum absolute atomic E-state index is 0.0231. The summed E-state index contributed by atoms with van der Waals surface area (Å²) in [5, 5.41) is 20.3. The van der Waals surface area contributed by atoms with Gasteiger partial charge in [-0.05, 0) is 19.9 Å². The molecular formula is C18H18N2O9. The van der Waals surface area contributed by atoms with Crippen LogP contribution >= 0.6 is 0 Å². The Balaban J connectivity index is 2.76. The average molecular weight is 406 g/mol. The van der Waals surface area contributed by atoms with Crippen LogP contribution in [0.5, 0.6) is 11.5 Å². The number of aromatic nitrogens is 1. The van der Waals surface area contributed by atoms with Crippen molar-refractivity contribution in [3.8, 4) is 22.6 Å². The Kier molecular flexibility index (Phi) is 7.04. The first-order chi connectivity index (χ1) is 13.8. The van der Waals surface area contributed by atoms with Crippen LogP contribution in [-0.2, 0) is 9.47 Å². The van der Waals surface area contributed by atoms with Crippen molar-refractivity contribution in [1.82, 2.24) is 4.98 Å². The van der Waals surface area contributed by atoms with Gasteiger partial charge in [0.25, 0.3) is 5.69 Å². The molecule has 0 aliphatic carbocycles. The number of nitro benzene ring substituents is 1. The molecule has 0 unspecified atom stereocenters. The summed E-state index contributed by atoms with van der Waals surface area (Å²) >= 11 is 0. The molecule has 0 aliphatic heterocycles. The Hall–Kier alpha value is -3.73. The van der Waals surface area contributed by atoms with Gasteiger partial charge >= 0.3 is 12.3 Å². The Morgan fingerprint density at radius 3 is 2.24 bits per heavy atom. The molecule has 0 atom stereocenters. The van der Waals surface area contributed by atoms with Crippen molar-refractivity contribution in [3.63, 3.8) is 0 Å². The number of aryl methyl sites for hydroxylation is 2. The fourth-order valence-electron chi connectivity index (χ4n) is 2.52. The van der Waals surface area contributed by atoms with Gasteiger partial charge in [-0.1, -0.05) is 12.1 Å². The normalized spacial score (nSPS) is 10.2. The van der Waals surface area contributed by atoms with Crippen LogP contribution in [0.15, 0.2) is 24.3 Å². The summed E-state index contributed by atoms with van der Waals surface area (Å²) in [5.41, 5.74) is 0.0512. The lowest BCUT2D eigenvalue weighted by Crippen LogP contribution is -2.16. The molecule has 11 nitrogen and oxygen atoms in total. The van der Waals surface area contributed by atoms with Gasteiger partial charge in [0.2, 0.25) is 0 Å². The third-order valence-electron chi connectivity index (χ3n) is 3.67. The molecule has 11 heteroatoms. The van der Waals surface area contributed by atoms with E-state index >= 15 is 0 Å². The molecular weight excluding hydrogens is 388 g/mol. The smallest absolute Gasteiger partial charge is 0.437 e. The lowest BCUT2D eigenvalue weighted by Gasteiger charge is -2.17. The standard InChI is InChI=1S/C18H18N2O9/c1-10-15(28-17(22)26-3)14(12-6-4-5-7-13(12)20(24)25)16(11(2)19-10)29-18(23)27-9-8-21/h4-7,21H,8-9H2,1-3H3. The van der Waals surface area contributed by atoms with E-state index in [1.165, 1.54) is 38.1 Å². The molecule has 0 saturated heterocycles. The number of methoxy groups -OCH3 is 1. The Bertz CT molecular complexity index is 943. The Morgan fingerprint density at radius 1 is 1.10 bits per heavy atom. The molecule has 0 spiro atoms. The maximum Gasteiger partial charge on any atom is 0.514 e. The predicted molar refractivity (Wildman–Crippen MR) is 97.9 cm³/mol. The Labute approximate surface area is 164 Å². The topological polar surface area (TPSA) is 147 Å². The average Bonchev–Trinajstić information content (AvgIpc) is 2.69. The second-order valence-electron chi connectivity index (χ2n) is 5.57. The van der Waals surface area contributed by atoms with E-state index < -0.39 is 23.8 Å². The maximum absolute atomic E-state index is 12.0. The lowest BCUT2D eigenvalue weighted by molar-refractivity contribution is -0.384. The molecule has 29 heavy (non-hydrogen) atoms. The molecule has 1 aromatic heterocycles. The first-order valence-corrected chi connectivity index (χ1v) is 8.26. The summed E-state index contributed by atoms with van der Waals surface area (Å²) in [6.45, 7) is 2.27. The van der Waals surface area contributed by atoms with Gasteiger partial charge in [-0.3, -0.25) is 15.1 Å². The fourth-order valence-corrected chi connectivity index (χ4v) is 2.52. The SMILES string of the molecule is COC(=O)Oc1c(C)nc(C)c(OC(=O)OCCO)c1-c1ccccc1[N+](=O)[O-]. The van der Waals surface area contributed by atoms with Crippen molar-refractivity contribution >= 4 is 18.0 Å². The number of aliphatic hydroxyl groups is 1. The summed E-state index contributed by atoms with van der Waals surface area (Å²) < 4.78 is 19.5. The van der Waals surface area contributed by atoms with E-state index in [0.717, 1.165) is 7.11 Å². The van der Waals surface area contributed by atoms with E-state index in [0.29, 0.717) is 0 Å². The molecule has 0 fully saturated rings. The summed E-state index contributed by atoms with van der Waals surface area (Å²) in [6, 6.07) is 5.64. The van der Waals surface area contributed by atoms with E-state index in [4.69, 9.17) is 14.6 Å². The molecule has 1 aromatic carbocycles. The van der Waals surface area contributed by atoms with Crippen molar-refractivity contribution in [3.05, 3.63) is 45.8 Å². The predicted octanol–water partition coefficient (Wildman–Crippen LogP) is 2.93. The van der Waals surface area contributed by atoms with Crippen LogP contribution in [0.4, 0.5) is 15.3 Å². The second-order valence-corrected chi connectivity index (χ2v) is 5.57. The summed E-state index contributed by atoms with van der Waals surface area (Å²) in [5.74, 6) is -0.381. The third kappa shape index (κ3) is 4.96. The number of rotatable bonds is 6. The first-order valence-electron chi connectivity index (χ1n) is 8.26. The van der Waals surface area contributed by atoms with Gasteiger partial charge in [-0.15, -0.1) is 0 Å². The molecule has 0 saturated carbocycles. The zero-order valence-electron chi connectivity index (χ0n) is 15.8. The van der Waals surface area contributed by atoms with E-state index in [9.17, 15) is 19.7 Å². The van der Waals surface area contributed by atoms with Crippen LogP contribution in [-0.4, -0.2) is 47.6 Å². The monoisotopic (exact) mass is 406 g/mol.